The third-order valence-electron chi connectivity index (χ3n) is 5.87. The van der Waals surface area contributed by atoms with Crippen molar-refractivity contribution in [2.75, 3.05) is 32.8 Å². The first-order chi connectivity index (χ1) is 14.1. The summed E-state index contributed by atoms with van der Waals surface area (Å²) in [4.78, 5) is 15.2. The van der Waals surface area contributed by atoms with Gasteiger partial charge in [-0.25, -0.2) is 0 Å². The van der Waals surface area contributed by atoms with Crippen molar-refractivity contribution in [1.82, 2.24) is 4.90 Å². The van der Waals surface area contributed by atoms with E-state index in [-0.39, 0.29) is 12.7 Å². The molecular formula is C23H28N2O4. The van der Waals surface area contributed by atoms with Crippen LogP contribution in [0.15, 0.2) is 36.4 Å². The summed E-state index contributed by atoms with van der Waals surface area (Å²) in [6.45, 7) is 1.38. The molecule has 0 radical (unpaired) electrons. The van der Waals surface area contributed by atoms with Crippen LogP contribution in [0.4, 0.5) is 5.69 Å². The number of carbonyl (C=O) groups excluding carboxylic acids is 1. The molecule has 4 rings (SSSR count). The molecule has 154 valence electrons. The highest BCUT2D eigenvalue weighted by Crippen LogP contribution is 2.38. The van der Waals surface area contributed by atoms with Gasteiger partial charge in [0, 0.05) is 23.4 Å². The summed E-state index contributed by atoms with van der Waals surface area (Å²) in [5.74, 6) is 2.00. The first kappa shape index (κ1) is 19.6. The molecule has 1 N–H and O–H groups in total. The van der Waals surface area contributed by atoms with Crippen LogP contribution in [0, 0.1) is 0 Å². The maximum absolute atomic E-state index is 12.8. The monoisotopic (exact) mass is 396 g/mol. The van der Waals surface area contributed by atoms with Crippen LogP contribution in [0.3, 0.4) is 0 Å². The molecule has 29 heavy (non-hydrogen) atoms. The summed E-state index contributed by atoms with van der Waals surface area (Å²) in [6, 6.07) is 11.6. The largest absolute Gasteiger partial charge is 0.497 e. The fourth-order valence-corrected chi connectivity index (χ4v) is 4.08. The zero-order valence-electron chi connectivity index (χ0n) is 17.1. The summed E-state index contributed by atoms with van der Waals surface area (Å²) < 4.78 is 16.3. The smallest absolute Gasteiger partial charge is 0.255 e. The number of benzene rings is 2. The Bertz CT molecular complexity index is 866. The highest BCUT2D eigenvalue weighted by atomic mass is 16.7. The number of nitrogens with zero attached hydrogens (tertiary/aromatic N) is 1. The second kappa shape index (κ2) is 8.74. The van der Waals surface area contributed by atoms with Crippen molar-refractivity contribution in [3.05, 3.63) is 47.5 Å². The number of nitrogens with one attached hydrogen (secondary N) is 1. The average molecular weight is 396 g/mol. The zero-order valence-corrected chi connectivity index (χ0v) is 17.1. The van der Waals surface area contributed by atoms with Crippen molar-refractivity contribution in [2.45, 2.75) is 38.1 Å². The van der Waals surface area contributed by atoms with Gasteiger partial charge in [-0.2, -0.15) is 0 Å². The van der Waals surface area contributed by atoms with Gasteiger partial charge < -0.3 is 24.4 Å². The predicted molar refractivity (Wildman–Crippen MR) is 112 cm³/mol. The van der Waals surface area contributed by atoms with E-state index >= 15 is 0 Å². The molecule has 2 aromatic rings. The van der Waals surface area contributed by atoms with Crippen molar-refractivity contribution < 1.29 is 19.0 Å². The minimum Gasteiger partial charge on any atom is -0.497 e. The van der Waals surface area contributed by atoms with Gasteiger partial charge >= 0.3 is 0 Å². The van der Waals surface area contributed by atoms with Crippen molar-refractivity contribution in [2.24, 2.45) is 0 Å². The second-order valence-electron chi connectivity index (χ2n) is 7.71. The molecule has 2 aliphatic rings. The number of anilines is 1. The van der Waals surface area contributed by atoms with E-state index in [0.717, 1.165) is 42.1 Å². The number of amides is 1. The molecular weight excluding hydrogens is 368 g/mol. The van der Waals surface area contributed by atoms with E-state index in [0.29, 0.717) is 17.4 Å². The number of fused-ring (bicyclic) bond motifs is 1. The Kier molecular flexibility index (Phi) is 5.90. The summed E-state index contributed by atoms with van der Waals surface area (Å²) in [5, 5.41) is 3.06. The van der Waals surface area contributed by atoms with Gasteiger partial charge in [0.1, 0.15) is 5.75 Å². The Labute approximate surface area is 171 Å². The van der Waals surface area contributed by atoms with E-state index in [2.05, 4.69) is 17.3 Å². The molecule has 0 aromatic heterocycles. The van der Waals surface area contributed by atoms with E-state index in [1.165, 1.54) is 19.3 Å². The molecule has 6 nitrogen and oxygen atoms in total. The van der Waals surface area contributed by atoms with Crippen LogP contribution in [-0.2, 0) is 6.42 Å². The van der Waals surface area contributed by atoms with E-state index in [4.69, 9.17) is 14.2 Å². The summed E-state index contributed by atoms with van der Waals surface area (Å²) in [6.07, 6.45) is 5.73. The fraction of sp³-hybridized carbons (Fsp3) is 0.435. The first-order valence-electron chi connectivity index (χ1n) is 10.2. The molecule has 6 heteroatoms. The Hall–Kier alpha value is -2.73. The molecule has 1 saturated heterocycles. The molecule has 1 unspecified atom stereocenters. The van der Waals surface area contributed by atoms with Gasteiger partial charge in [0.25, 0.3) is 5.91 Å². The van der Waals surface area contributed by atoms with Crippen LogP contribution in [-0.4, -0.2) is 44.3 Å². The standard InChI is InChI=1S/C23H28N2O4/c1-25-12-4-3-5-18(25)9-6-17-13-21-22(29-15-28-21)14-20(17)24-23(26)16-7-10-19(27-2)11-8-16/h7-8,10-11,13-14,18H,3-6,9,12,15H2,1-2H3,(H,24,26). The Morgan fingerprint density at radius 3 is 2.66 bits per heavy atom. The van der Waals surface area contributed by atoms with Crippen LogP contribution in [0.2, 0.25) is 0 Å². The lowest BCUT2D eigenvalue weighted by Crippen LogP contribution is -2.36. The summed E-state index contributed by atoms with van der Waals surface area (Å²) in [5.41, 5.74) is 2.45. The van der Waals surface area contributed by atoms with Gasteiger partial charge in [-0.05, 0) is 75.2 Å². The van der Waals surface area contributed by atoms with Crippen LogP contribution in [0.1, 0.15) is 41.6 Å². The van der Waals surface area contributed by atoms with Crippen LogP contribution < -0.4 is 19.5 Å². The molecule has 0 aliphatic carbocycles. The maximum atomic E-state index is 12.8. The topological polar surface area (TPSA) is 60.0 Å². The molecule has 0 spiro atoms. The van der Waals surface area contributed by atoms with Crippen molar-refractivity contribution >= 4 is 11.6 Å². The highest BCUT2D eigenvalue weighted by molar-refractivity contribution is 6.05. The Morgan fingerprint density at radius 2 is 1.93 bits per heavy atom. The molecule has 1 amide bonds. The lowest BCUT2D eigenvalue weighted by molar-refractivity contribution is 0.102. The summed E-state index contributed by atoms with van der Waals surface area (Å²) >= 11 is 0. The third kappa shape index (κ3) is 4.48. The van der Waals surface area contributed by atoms with E-state index in [1.54, 1.807) is 31.4 Å². The van der Waals surface area contributed by atoms with Crippen LogP contribution in [0.5, 0.6) is 17.2 Å². The molecule has 2 aromatic carbocycles. The molecule has 1 atom stereocenters. The molecule has 1 fully saturated rings. The maximum Gasteiger partial charge on any atom is 0.255 e. The number of methoxy groups -OCH3 is 1. The number of piperidine rings is 1. The fourth-order valence-electron chi connectivity index (χ4n) is 4.08. The number of hydrogen-bond donors (Lipinski definition) is 1. The SMILES string of the molecule is COc1ccc(C(=O)Nc2cc3c(cc2CCC2CCCCN2C)OCO3)cc1. The number of ether oxygens (including phenoxy) is 3. The highest BCUT2D eigenvalue weighted by Gasteiger charge is 2.22. The second-order valence-corrected chi connectivity index (χ2v) is 7.71. The molecule has 2 aliphatic heterocycles. The average Bonchev–Trinajstić information content (AvgIpc) is 3.20. The van der Waals surface area contributed by atoms with E-state index in [9.17, 15) is 4.79 Å². The van der Waals surface area contributed by atoms with Crippen LogP contribution in [0.25, 0.3) is 0 Å². The molecule has 2 heterocycles. The van der Waals surface area contributed by atoms with Crippen molar-refractivity contribution in [3.8, 4) is 17.2 Å². The van der Waals surface area contributed by atoms with Gasteiger partial charge in [-0.3, -0.25) is 4.79 Å². The lowest BCUT2D eigenvalue weighted by atomic mass is 9.95. The number of rotatable bonds is 6. The Morgan fingerprint density at radius 1 is 1.17 bits per heavy atom. The third-order valence-corrected chi connectivity index (χ3v) is 5.87. The van der Waals surface area contributed by atoms with Crippen LogP contribution >= 0.6 is 0 Å². The minimum atomic E-state index is -0.150. The van der Waals surface area contributed by atoms with Gasteiger partial charge in [0.2, 0.25) is 6.79 Å². The van der Waals surface area contributed by atoms with E-state index < -0.39 is 0 Å². The lowest BCUT2D eigenvalue weighted by Gasteiger charge is -2.32. The number of hydrogen-bond acceptors (Lipinski definition) is 5. The predicted octanol–water partition coefficient (Wildman–Crippen LogP) is 4.09. The van der Waals surface area contributed by atoms with Gasteiger partial charge in [0.15, 0.2) is 11.5 Å². The van der Waals surface area contributed by atoms with Gasteiger partial charge in [0.05, 0.1) is 7.11 Å². The first-order valence-corrected chi connectivity index (χ1v) is 10.2. The summed E-state index contributed by atoms with van der Waals surface area (Å²) in [7, 11) is 3.81. The van der Waals surface area contributed by atoms with Crippen molar-refractivity contribution in [1.29, 1.82) is 0 Å². The minimum absolute atomic E-state index is 0.150. The van der Waals surface area contributed by atoms with Gasteiger partial charge in [-0.1, -0.05) is 6.42 Å². The van der Waals surface area contributed by atoms with Crippen molar-refractivity contribution in [3.63, 3.8) is 0 Å². The quantitative estimate of drug-likeness (QED) is 0.797. The number of aryl methyl sites for hydroxylation is 1. The number of likely N-dealkylation sites (tertiary alicyclic amines) is 1. The van der Waals surface area contributed by atoms with Gasteiger partial charge in [-0.15, -0.1) is 0 Å². The normalized spacial score (nSPS) is 18.5. The van der Waals surface area contributed by atoms with E-state index in [1.807, 2.05) is 12.1 Å². The molecule has 0 saturated carbocycles. The zero-order chi connectivity index (χ0) is 20.2. The Balaban J connectivity index is 1.52. The molecule has 0 bridgehead atoms. The number of carbonyl (C=O) groups is 1.